The van der Waals surface area contributed by atoms with E-state index in [0.717, 1.165) is 0 Å². The van der Waals surface area contributed by atoms with E-state index < -0.39 is 72.6 Å². The van der Waals surface area contributed by atoms with Gasteiger partial charge in [-0.3, -0.25) is 29.0 Å². The first-order valence-electron chi connectivity index (χ1n) is 11.5. The van der Waals surface area contributed by atoms with Crippen LogP contribution in [-0.2, 0) is 28.8 Å². The lowest BCUT2D eigenvalue weighted by Crippen LogP contribution is -2.57. The van der Waals surface area contributed by atoms with Crippen LogP contribution in [0.3, 0.4) is 0 Å². The Kier molecular flexibility index (Phi) is 14.9. The summed E-state index contributed by atoms with van der Waals surface area (Å²) in [6.07, 6.45) is -1.31. The molecule has 0 heterocycles. The first-order valence-corrected chi connectivity index (χ1v) is 11.5. The van der Waals surface area contributed by atoms with Gasteiger partial charge in [-0.15, -0.1) is 0 Å². The second kappa shape index (κ2) is 16.7. The van der Waals surface area contributed by atoms with Crippen LogP contribution in [0.15, 0.2) is 4.99 Å². The maximum absolute atomic E-state index is 12.8. The third-order valence-corrected chi connectivity index (χ3v) is 4.92. The molecule has 0 aromatic rings. The molecular weight excluding hydrogens is 494 g/mol. The lowest BCUT2D eigenvalue weighted by Gasteiger charge is -2.24. The highest BCUT2D eigenvalue weighted by atomic mass is 16.4. The Hall–Kier alpha value is -3.95. The van der Waals surface area contributed by atoms with Crippen LogP contribution in [0, 0.1) is 5.92 Å². The quantitative estimate of drug-likeness (QED) is 0.0495. The van der Waals surface area contributed by atoms with Gasteiger partial charge in [0.25, 0.3) is 0 Å². The fourth-order valence-corrected chi connectivity index (χ4v) is 3.09. The number of amides is 3. The summed E-state index contributed by atoms with van der Waals surface area (Å²) in [7, 11) is 0. The number of nitrogens with one attached hydrogen (secondary N) is 3. The minimum atomic E-state index is -1.70. The third-order valence-electron chi connectivity index (χ3n) is 4.92. The fourth-order valence-electron chi connectivity index (χ4n) is 3.09. The van der Waals surface area contributed by atoms with E-state index in [9.17, 15) is 33.9 Å². The van der Waals surface area contributed by atoms with Crippen molar-refractivity contribution in [2.75, 3.05) is 6.54 Å². The van der Waals surface area contributed by atoms with Gasteiger partial charge in [0.1, 0.15) is 18.1 Å². The first kappa shape index (κ1) is 33.0. The monoisotopic (exact) mass is 531 g/mol. The van der Waals surface area contributed by atoms with Gasteiger partial charge in [-0.25, -0.2) is 4.79 Å². The molecule has 0 aliphatic carbocycles. The number of rotatable bonds is 18. The molecule has 4 atom stereocenters. The maximum Gasteiger partial charge on any atom is 0.326 e. The smallest absolute Gasteiger partial charge is 0.326 e. The Balaban J connectivity index is 5.51. The maximum atomic E-state index is 12.8. The Labute approximate surface area is 213 Å². The molecule has 0 fully saturated rings. The summed E-state index contributed by atoms with van der Waals surface area (Å²) in [6.45, 7) is 3.65. The van der Waals surface area contributed by atoms with Crippen LogP contribution in [0.2, 0.25) is 0 Å². The van der Waals surface area contributed by atoms with Gasteiger partial charge < -0.3 is 48.5 Å². The van der Waals surface area contributed by atoms with Crippen molar-refractivity contribution >= 4 is 41.6 Å². The molecule has 16 nitrogen and oxygen atoms in total. The first-order chi connectivity index (χ1) is 17.1. The van der Waals surface area contributed by atoms with E-state index in [0.29, 0.717) is 6.42 Å². The van der Waals surface area contributed by atoms with Crippen molar-refractivity contribution in [1.82, 2.24) is 16.0 Å². The molecule has 210 valence electrons. The Morgan fingerprint density at radius 3 is 1.81 bits per heavy atom. The number of carboxylic acid groups (broad SMARTS) is 3. The molecular formula is C21H37N7O9. The molecule has 0 aliphatic rings. The number of carbonyl (C=O) groups is 6. The van der Waals surface area contributed by atoms with Crippen molar-refractivity contribution in [2.24, 2.45) is 28.1 Å². The van der Waals surface area contributed by atoms with Crippen LogP contribution in [0.4, 0.5) is 0 Å². The average molecular weight is 532 g/mol. The zero-order valence-corrected chi connectivity index (χ0v) is 20.8. The molecule has 3 amide bonds. The molecule has 0 radical (unpaired) electrons. The number of nitrogens with zero attached hydrogens (tertiary/aromatic N) is 1. The zero-order chi connectivity index (χ0) is 28.7. The number of nitrogens with two attached hydrogens (primary N) is 3. The van der Waals surface area contributed by atoms with Crippen LogP contribution < -0.4 is 33.2 Å². The molecule has 0 spiro atoms. The number of hydrogen-bond donors (Lipinski definition) is 9. The fraction of sp³-hybridized carbons (Fsp3) is 0.667. The van der Waals surface area contributed by atoms with E-state index >= 15 is 0 Å². The molecule has 0 aromatic heterocycles. The molecule has 0 rings (SSSR count). The zero-order valence-electron chi connectivity index (χ0n) is 20.8. The van der Waals surface area contributed by atoms with Gasteiger partial charge in [-0.2, -0.15) is 0 Å². The highest BCUT2D eigenvalue weighted by Crippen LogP contribution is 2.07. The van der Waals surface area contributed by atoms with Crippen molar-refractivity contribution < 1.29 is 44.1 Å². The highest BCUT2D eigenvalue weighted by molar-refractivity contribution is 5.95. The summed E-state index contributed by atoms with van der Waals surface area (Å²) in [5.74, 6) is -7.24. The highest BCUT2D eigenvalue weighted by Gasteiger charge is 2.32. The minimum Gasteiger partial charge on any atom is -0.481 e. The van der Waals surface area contributed by atoms with E-state index in [1.807, 2.05) is 0 Å². The molecule has 0 aromatic carbocycles. The summed E-state index contributed by atoms with van der Waals surface area (Å²) < 4.78 is 0. The average Bonchev–Trinajstić information content (AvgIpc) is 2.76. The minimum absolute atomic E-state index is 0.0488. The van der Waals surface area contributed by atoms with Crippen LogP contribution in [0.25, 0.3) is 0 Å². The van der Waals surface area contributed by atoms with Crippen molar-refractivity contribution in [3.8, 4) is 0 Å². The van der Waals surface area contributed by atoms with Crippen molar-refractivity contribution in [3.05, 3.63) is 0 Å². The summed E-state index contributed by atoms with van der Waals surface area (Å²) in [5.41, 5.74) is 16.2. The van der Waals surface area contributed by atoms with Crippen LogP contribution in [-0.4, -0.2) is 87.6 Å². The lowest BCUT2D eigenvalue weighted by atomic mass is 10.0. The molecule has 12 N–H and O–H groups in total. The molecule has 0 bridgehead atoms. The van der Waals surface area contributed by atoms with Crippen LogP contribution >= 0.6 is 0 Å². The Morgan fingerprint density at radius 2 is 1.32 bits per heavy atom. The summed E-state index contributed by atoms with van der Waals surface area (Å²) in [6, 6.07) is -5.60. The van der Waals surface area contributed by atoms with Gasteiger partial charge in [-0.05, 0) is 31.6 Å². The number of carbonyl (C=O) groups excluding carboxylic acids is 3. The predicted octanol–water partition coefficient (Wildman–Crippen LogP) is -2.71. The van der Waals surface area contributed by atoms with E-state index in [4.69, 9.17) is 27.4 Å². The topological polar surface area (TPSA) is 290 Å². The second-order valence-corrected chi connectivity index (χ2v) is 8.74. The van der Waals surface area contributed by atoms with Gasteiger partial charge in [0.15, 0.2) is 5.96 Å². The molecule has 0 aliphatic heterocycles. The number of guanidine groups is 1. The third kappa shape index (κ3) is 14.9. The van der Waals surface area contributed by atoms with Crippen molar-refractivity contribution in [2.45, 2.75) is 76.5 Å². The molecule has 4 unspecified atom stereocenters. The Bertz CT molecular complexity index is 859. The summed E-state index contributed by atoms with van der Waals surface area (Å²) in [5, 5.41) is 34.1. The van der Waals surface area contributed by atoms with Gasteiger partial charge in [0.05, 0.1) is 12.5 Å². The number of hydrogen-bond acceptors (Lipinski definition) is 8. The van der Waals surface area contributed by atoms with Crippen LogP contribution in [0.5, 0.6) is 0 Å². The normalized spacial score (nSPS) is 13.9. The van der Waals surface area contributed by atoms with Gasteiger partial charge in [0.2, 0.25) is 17.7 Å². The summed E-state index contributed by atoms with van der Waals surface area (Å²) in [4.78, 5) is 75.5. The largest absolute Gasteiger partial charge is 0.481 e. The lowest BCUT2D eigenvalue weighted by molar-refractivity contribution is -0.144. The molecule has 37 heavy (non-hydrogen) atoms. The van der Waals surface area contributed by atoms with Crippen molar-refractivity contribution in [1.29, 1.82) is 0 Å². The standard InChI is InChI=1S/C21H37N7O9/c1-10(2)8-14(20(36)37)28-19(35)13(9-16(31)32)27-18(34)12(5-6-15(29)30)26-17(33)11(22)4-3-7-25-21(23)24/h10-14H,3-9,22H2,1-2H3,(H,26,33)(H,27,34)(H,28,35)(H,29,30)(H,31,32)(H,36,37)(H4,23,24,25). The van der Waals surface area contributed by atoms with E-state index in [1.165, 1.54) is 0 Å². The van der Waals surface area contributed by atoms with E-state index in [1.54, 1.807) is 13.8 Å². The SMILES string of the molecule is CC(C)CC(NC(=O)C(CC(=O)O)NC(=O)C(CCC(=O)O)NC(=O)C(N)CCCN=C(N)N)C(=O)O. The molecule has 0 saturated heterocycles. The number of aliphatic imine (C=N–C) groups is 1. The molecule has 16 heteroatoms. The van der Waals surface area contributed by atoms with Gasteiger partial charge in [-0.1, -0.05) is 13.8 Å². The summed E-state index contributed by atoms with van der Waals surface area (Å²) >= 11 is 0. The molecule has 0 saturated carbocycles. The van der Waals surface area contributed by atoms with Gasteiger partial charge >= 0.3 is 17.9 Å². The predicted molar refractivity (Wildman–Crippen MR) is 130 cm³/mol. The van der Waals surface area contributed by atoms with Crippen molar-refractivity contribution in [3.63, 3.8) is 0 Å². The van der Waals surface area contributed by atoms with Gasteiger partial charge in [0, 0.05) is 13.0 Å². The number of carboxylic acids is 3. The number of aliphatic carboxylic acids is 3. The Morgan fingerprint density at radius 1 is 0.784 bits per heavy atom. The van der Waals surface area contributed by atoms with E-state index in [-0.39, 0.29) is 37.7 Å². The van der Waals surface area contributed by atoms with E-state index in [2.05, 4.69) is 20.9 Å². The second-order valence-electron chi connectivity index (χ2n) is 8.74. The van der Waals surface area contributed by atoms with Crippen LogP contribution in [0.1, 0.15) is 52.4 Å².